The molecule has 7 heteroatoms. The van der Waals surface area contributed by atoms with E-state index < -0.39 is 0 Å². The number of H-pyrrole nitrogens is 1. The van der Waals surface area contributed by atoms with E-state index in [1.54, 1.807) is 7.05 Å². The molecule has 2 rings (SSSR count). The van der Waals surface area contributed by atoms with Crippen molar-refractivity contribution < 1.29 is 0 Å². The zero-order chi connectivity index (χ0) is 15.4. The van der Waals surface area contributed by atoms with Gasteiger partial charge in [0.2, 0.25) is 0 Å². The van der Waals surface area contributed by atoms with E-state index in [2.05, 4.69) is 29.4 Å². The third-order valence-electron chi connectivity index (χ3n) is 2.94. The van der Waals surface area contributed by atoms with E-state index in [0.29, 0.717) is 16.1 Å². The molecule has 0 atom stereocenters. The molecule has 0 spiro atoms. The number of nitrogens with one attached hydrogen (secondary N) is 2. The van der Waals surface area contributed by atoms with Gasteiger partial charge in [0.15, 0.2) is 5.16 Å². The van der Waals surface area contributed by atoms with E-state index in [-0.39, 0.29) is 5.69 Å². The van der Waals surface area contributed by atoms with Crippen LogP contribution in [0.25, 0.3) is 0 Å². The van der Waals surface area contributed by atoms with Gasteiger partial charge in [-0.25, -0.2) is 9.89 Å². The molecule has 5 nitrogen and oxygen atoms in total. The average Bonchev–Trinajstić information content (AvgIpc) is 2.73. The van der Waals surface area contributed by atoms with Crippen LogP contribution in [-0.2, 0) is 13.6 Å². The number of benzene rings is 1. The lowest BCUT2D eigenvalue weighted by atomic mass is 10.2. The maximum absolute atomic E-state index is 11.4. The summed E-state index contributed by atoms with van der Waals surface area (Å²) in [5, 5.41) is 11.2. The Labute approximate surface area is 133 Å². The molecule has 0 saturated carbocycles. The first-order valence-corrected chi connectivity index (χ1v) is 7.95. The summed E-state index contributed by atoms with van der Waals surface area (Å²) in [6, 6.07) is 5.78. The van der Waals surface area contributed by atoms with Crippen LogP contribution in [-0.4, -0.2) is 21.3 Å². The number of hydrogen-bond donors (Lipinski definition) is 2. The van der Waals surface area contributed by atoms with Crippen molar-refractivity contribution in [1.82, 2.24) is 20.1 Å². The van der Waals surface area contributed by atoms with Crippen LogP contribution < -0.4 is 11.0 Å². The van der Waals surface area contributed by atoms with Crippen LogP contribution in [0.5, 0.6) is 0 Å². The van der Waals surface area contributed by atoms with Crippen LogP contribution in [0.3, 0.4) is 0 Å². The van der Waals surface area contributed by atoms with Crippen molar-refractivity contribution >= 4 is 23.4 Å². The largest absolute Gasteiger partial charge is 0.343 e. The molecule has 0 fully saturated rings. The molecular weight excluding hydrogens is 308 g/mol. The van der Waals surface area contributed by atoms with E-state index in [1.165, 1.54) is 16.3 Å². The van der Waals surface area contributed by atoms with E-state index in [1.807, 2.05) is 18.2 Å². The Morgan fingerprint density at radius 1 is 1.48 bits per heavy atom. The molecular formula is C14H19ClN4OS. The van der Waals surface area contributed by atoms with Crippen molar-refractivity contribution in [2.75, 3.05) is 6.54 Å². The third kappa shape index (κ3) is 4.36. The third-order valence-corrected chi connectivity index (χ3v) is 4.32. The molecule has 0 aliphatic rings. The minimum absolute atomic E-state index is 0.223. The van der Waals surface area contributed by atoms with Gasteiger partial charge in [0.05, 0.1) is 0 Å². The second-order valence-electron chi connectivity index (χ2n) is 5.25. The van der Waals surface area contributed by atoms with Crippen LogP contribution >= 0.6 is 23.4 Å². The van der Waals surface area contributed by atoms with Crippen molar-refractivity contribution in [1.29, 1.82) is 0 Å². The first-order valence-electron chi connectivity index (χ1n) is 6.75. The van der Waals surface area contributed by atoms with Gasteiger partial charge in [0.1, 0.15) is 0 Å². The Bertz CT molecular complexity index is 665. The molecule has 2 aromatic rings. The summed E-state index contributed by atoms with van der Waals surface area (Å²) in [7, 11) is 1.69. The molecule has 21 heavy (non-hydrogen) atoms. The highest BCUT2D eigenvalue weighted by molar-refractivity contribution is 7.99. The molecule has 0 amide bonds. The van der Waals surface area contributed by atoms with E-state index in [9.17, 15) is 4.79 Å². The van der Waals surface area contributed by atoms with Crippen molar-refractivity contribution in [3.63, 3.8) is 0 Å². The van der Waals surface area contributed by atoms with Gasteiger partial charge < -0.3 is 5.32 Å². The monoisotopic (exact) mass is 326 g/mol. The molecule has 1 heterocycles. The summed E-state index contributed by atoms with van der Waals surface area (Å²) < 4.78 is 1.48. The van der Waals surface area contributed by atoms with Crippen LogP contribution in [0.4, 0.5) is 0 Å². The summed E-state index contributed by atoms with van der Waals surface area (Å²) in [4.78, 5) is 12.4. The molecule has 114 valence electrons. The number of aromatic amines is 1. The minimum Gasteiger partial charge on any atom is -0.312 e. The van der Waals surface area contributed by atoms with Gasteiger partial charge in [-0.3, -0.25) is 4.57 Å². The Morgan fingerprint density at radius 2 is 2.24 bits per heavy atom. The lowest BCUT2D eigenvalue weighted by Gasteiger charge is -2.11. The minimum atomic E-state index is -0.223. The molecule has 1 aromatic heterocycles. The standard InChI is InChI=1S/C14H19ClN4OS/c1-9(2)7-16-8-10-4-5-11(15)6-12(10)21-14-18-17-13(20)19(14)3/h4-6,9,16H,7-8H2,1-3H3,(H,17,20). The van der Waals surface area contributed by atoms with Crippen molar-refractivity contribution in [3.05, 3.63) is 39.3 Å². The molecule has 0 unspecified atom stereocenters. The number of hydrogen-bond acceptors (Lipinski definition) is 4. The van der Waals surface area contributed by atoms with Crippen molar-refractivity contribution in [3.8, 4) is 0 Å². The van der Waals surface area contributed by atoms with E-state index in [4.69, 9.17) is 11.6 Å². The summed E-state index contributed by atoms with van der Waals surface area (Å²) in [5.74, 6) is 0.598. The maximum Gasteiger partial charge on any atom is 0.343 e. The van der Waals surface area contributed by atoms with Crippen LogP contribution in [0, 0.1) is 5.92 Å². The van der Waals surface area contributed by atoms with Crippen molar-refractivity contribution in [2.24, 2.45) is 13.0 Å². The van der Waals surface area contributed by atoms with Crippen LogP contribution in [0.1, 0.15) is 19.4 Å². The van der Waals surface area contributed by atoms with Crippen LogP contribution in [0.2, 0.25) is 5.02 Å². The highest BCUT2D eigenvalue weighted by Gasteiger charge is 2.11. The van der Waals surface area contributed by atoms with E-state index in [0.717, 1.165) is 23.5 Å². The topological polar surface area (TPSA) is 62.7 Å². The van der Waals surface area contributed by atoms with E-state index >= 15 is 0 Å². The fourth-order valence-corrected chi connectivity index (χ4v) is 2.99. The zero-order valence-corrected chi connectivity index (χ0v) is 13.9. The molecule has 0 radical (unpaired) electrons. The average molecular weight is 327 g/mol. The Kier molecular flexibility index (Phi) is 5.50. The smallest absolute Gasteiger partial charge is 0.312 e. The second kappa shape index (κ2) is 7.15. The van der Waals surface area contributed by atoms with Gasteiger partial charge in [-0.15, -0.1) is 5.10 Å². The molecule has 0 saturated heterocycles. The first-order chi connectivity index (χ1) is 9.97. The van der Waals surface area contributed by atoms with Gasteiger partial charge in [0.25, 0.3) is 0 Å². The first kappa shape index (κ1) is 16.1. The summed E-state index contributed by atoms with van der Waals surface area (Å²) in [6.07, 6.45) is 0. The number of rotatable bonds is 6. The fourth-order valence-electron chi connectivity index (χ4n) is 1.79. The van der Waals surface area contributed by atoms with Gasteiger partial charge in [-0.05, 0) is 41.9 Å². The molecule has 0 aliphatic heterocycles. The van der Waals surface area contributed by atoms with Gasteiger partial charge in [-0.2, -0.15) is 0 Å². The highest BCUT2D eigenvalue weighted by Crippen LogP contribution is 2.30. The highest BCUT2D eigenvalue weighted by atomic mass is 35.5. The van der Waals surface area contributed by atoms with Gasteiger partial charge in [0, 0.05) is 23.5 Å². The Hall–Kier alpha value is -1.24. The molecule has 0 aliphatic carbocycles. The predicted octanol–water partition coefficient (Wildman–Crippen LogP) is 2.66. The van der Waals surface area contributed by atoms with Gasteiger partial charge >= 0.3 is 5.69 Å². The molecule has 0 bridgehead atoms. The quantitative estimate of drug-likeness (QED) is 0.856. The lowest BCUT2D eigenvalue weighted by molar-refractivity contribution is 0.550. The predicted molar refractivity (Wildman–Crippen MR) is 85.9 cm³/mol. The molecule has 1 aromatic carbocycles. The zero-order valence-electron chi connectivity index (χ0n) is 12.3. The normalized spacial score (nSPS) is 11.3. The van der Waals surface area contributed by atoms with Crippen molar-refractivity contribution in [2.45, 2.75) is 30.4 Å². The Balaban J connectivity index is 2.19. The van der Waals surface area contributed by atoms with Gasteiger partial charge in [-0.1, -0.05) is 31.5 Å². The Morgan fingerprint density at radius 3 is 2.86 bits per heavy atom. The number of halogens is 1. The van der Waals surface area contributed by atoms with Crippen LogP contribution in [0.15, 0.2) is 33.0 Å². The lowest BCUT2D eigenvalue weighted by Crippen LogP contribution is -2.19. The SMILES string of the molecule is CC(C)CNCc1ccc(Cl)cc1Sc1n[nH]c(=O)n1C. The summed E-state index contributed by atoms with van der Waals surface area (Å²) >= 11 is 7.51. The fraction of sp³-hybridized carbons (Fsp3) is 0.429. The molecule has 2 N–H and O–H groups in total. The number of nitrogens with zero attached hydrogens (tertiary/aromatic N) is 2. The number of aromatic nitrogens is 3. The second-order valence-corrected chi connectivity index (χ2v) is 6.69. The maximum atomic E-state index is 11.4. The summed E-state index contributed by atoms with van der Waals surface area (Å²) in [6.45, 7) is 6.05. The summed E-state index contributed by atoms with van der Waals surface area (Å²) in [5.41, 5.74) is 0.916.